The summed E-state index contributed by atoms with van der Waals surface area (Å²) >= 11 is 0. The average Bonchev–Trinajstić information content (AvgIpc) is 2.83. The highest BCUT2D eigenvalue weighted by atomic mass is 16.5. The summed E-state index contributed by atoms with van der Waals surface area (Å²) in [6.45, 7) is 8.98. The van der Waals surface area contributed by atoms with Crippen LogP contribution in [0.1, 0.15) is 36.3 Å². The zero-order valence-corrected chi connectivity index (χ0v) is 19.8. The number of ether oxygens (including phenoxy) is 4. The Morgan fingerprint density at radius 1 is 1.21 bits per heavy atom. The number of esters is 1. The van der Waals surface area contributed by atoms with Gasteiger partial charge in [0.15, 0.2) is 17.3 Å². The summed E-state index contributed by atoms with van der Waals surface area (Å²) in [5.41, 5.74) is 0.859. The fourth-order valence-corrected chi connectivity index (χ4v) is 3.68. The predicted molar refractivity (Wildman–Crippen MR) is 125 cm³/mol. The Morgan fingerprint density at radius 3 is 2.59 bits per heavy atom. The monoisotopic (exact) mass is 473 g/mol. The highest BCUT2D eigenvalue weighted by molar-refractivity contribution is 5.71. The zero-order valence-electron chi connectivity index (χ0n) is 19.8. The maximum absolute atomic E-state index is 12.6. The van der Waals surface area contributed by atoms with Crippen LogP contribution in [0, 0.1) is 0 Å². The Bertz CT molecular complexity index is 1070. The van der Waals surface area contributed by atoms with E-state index in [-0.39, 0.29) is 12.2 Å². The quantitative estimate of drug-likeness (QED) is 0.412. The molecular weight excluding hydrogens is 442 g/mol. The molecule has 0 spiro atoms. The first kappa shape index (κ1) is 25.3. The van der Waals surface area contributed by atoms with E-state index >= 15 is 0 Å². The second kappa shape index (κ2) is 11.7. The first-order valence-electron chi connectivity index (χ1n) is 11.0. The van der Waals surface area contributed by atoms with Gasteiger partial charge in [-0.1, -0.05) is 12.6 Å². The molecule has 1 aromatic carbocycles. The van der Waals surface area contributed by atoms with E-state index in [0.29, 0.717) is 62.3 Å². The highest BCUT2D eigenvalue weighted by Gasteiger charge is 2.28. The number of carbonyl (C=O) groups excluding carboxylic acids is 1. The molecule has 1 aromatic heterocycles. The molecule has 9 heteroatoms. The summed E-state index contributed by atoms with van der Waals surface area (Å²) in [5, 5.41) is 10.6. The molecule has 34 heavy (non-hydrogen) atoms. The van der Waals surface area contributed by atoms with Crippen LogP contribution in [0.15, 0.2) is 45.6 Å². The van der Waals surface area contributed by atoms with E-state index in [2.05, 4.69) is 11.5 Å². The van der Waals surface area contributed by atoms with Crippen LogP contribution in [0.2, 0.25) is 0 Å². The molecule has 1 N–H and O–H groups in total. The first-order chi connectivity index (χ1) is 16.3. The Kier molecular flexibility index (Phi) is 8.72. The number of methoxy groups -OCH3 is 2. The van der Waals surface area contributed by atoms with Gasteiger partial charge in [0.2, 0.25) is 11.2 Å². The van der Waals surface area contributed by atoms with Gasteiger partial charge in [-0.3, -0.25) is 14.5 Å². The number of rotatable bonds is 10. The van der Waals surface area contributed by atoms with Gasteiger partial charge in [0.1, 0.15) is 12.4 Å². The molecule has 1 atom stereocenters. The molecule has 1 saturated heterocycles. The van der Waals surface area contributed by atoms with Crippen LogP contribution in [-0.2, 0) is 20.8 Å². The normalized spacial score (nSPS) is 14.9. The fraction of sp³-hybridized carbons (Fsp3) is 0.440. The summed E-state index contributed by atoms with van der Waals surface area (Å²) in [6.07, 6.45) is -0.150. The minimum absolute atomic E-state index is 0.00110. The van der Waals surface area contributed by atoms with Crippen molar-refractivity contribution in [2.75, 3.05) is 47.1 Å². The van der Waals surface area contributed by atoms with Crippen LogP contribution in [0.5, 0.6) is 17.2 Å². The maximum Gasteiger partial charge on any atom is 0.306 e. The third kappa shape index (κ3) is 6.39. The van der Waals surface area contributed by atoms with Crippen molar-refractivity contribution < 1.29 is 33.3 Å². The number of benzene rings is 1. The van der Waals surface area contributed by atoms with Crippen LogP contribution in [-0.4, -0.2) is 63.1 Å². The maximum atomic E-state index is 12.6. The molecule has 0 amide bonds. The lowest BCUT2D eigenvalue weighted by molar-refractivity contribution is -0.140. The van der Waals surface area contributed by atoms with Gasteiger partial charge in [-0.05, 0) is 30.2 Å². The minimum atomic E-state index is -0.783. The van der Waals surface area contributed by atoms with Crippen molar-refractivity contribution in [1.29, 1.82) is 0 Å². The standard InChI is InChI=1S/C25H31NO8/c1-16(2)15-33-21-6-5-17(11-22(21)30-3)19(13-23(28)31-4)25-24(29)20(27)12-18(34-25)14-26-7-9-32-10-8-26/h5-6,11-12,19,29H,1,7-10,13-15H2,2-4H3/t19-/m0/s1. The minimum Gasteiger partial charge on any atom is -0.502 e. The largest absolute Gasteiger partial charge is 0.502 e. The topological polar surface area (TPSA) is 108 Å². The lowest BCUT2D eigenvalue weighted by atomic mass is 9.91. The molecule has 9 nitrogen and oxygen atoms in total. The van der Waals surface area contributed by atoms with Crippen molar-refractivity contribution in [2.24, 2.45) is 0 Å². The third-order valence-electron chi connectivity index (χ3n) is 5.46. The molecule has 0 aliphatic carbocycles. The lowest BCUT2D eigenvalue weighted by Gasteiger charge is -2.26. The summed E-state index contributed by atoms with van der Waals surface area (Å²) < 4.78 is 27.4. The second-order valence-electron chi connectivity index (χ2n) is 8.17. The van der Waals surface area contributed by atoms with Crippen LogP contribution in [0.3, 0.4) is 0 Å². The average molecular weight is 474 g/mol. The Balaban J connectivity index is 2.01. The van der Waals surface area contributed by atoms with E-state index in [1.807, 2.05) is 6.92 Å². The Morgan fingerprint density at radius 2 is 1.94 bits per heavy atom. The Hall–Kier alpha value is -3.30. The molecule has 184 valence electrons. The number of hydrogen-bond donors (Lipinski definition) is 1. The Labute approximate surface area is 198 Å². The van der Waals surface area contributed by atoms with Gasteiger partial charge in [0.05, 0.1) is 46.3 Å². The van der Waals surface area contributed by atoms with E-state index in [1.165, 1.54) is 20.3 Å². The molecule has 1 fully saturated rings. The number of nitrogens with zero attached hydrogens (tertiary/aromatic N) is 1. The van der Waals surface area contributed by atoms with Gasteiger partial charge in [0, 0.05) is 19.2 Å². The molecule has 0 radical (unpaired) electrons. The van der Waals surface area contributed by atoms with Gasteiger partial charge >= 0.3 is 5.97 Å². The lowest BCUT2D eigenvalue weighted by Crippen LogP contribution is -2.35. The molecule has 2 heterocycles. The van der Waals surface area contributed by atoms with E-state index in [1.54, 1.807) is 18.2 Å². The van der Waals surface area contributed by atoms with E-state index in [9.17, 15) is 14.7 Å². The highest BCUT2D eigenvalue weighted by Crippen LogP contribution is 2.38. The zero-order chi connectivity index (χ0) is 24.7. The van der Waals surface area contributed by atoms with Crippen molar-refractivity contribution in [1.82, 2.24) is 4.90 Å². The van der Waals surface area contributed by atoms with E-state index in [4.69, 9.17) is 23.4 Å². The smallest absolute Gasteiger partial charge is 0.306 e. The second-order valence-corrected chi connectivity index (χ2v) is 8.17. The third-order valence-corrected chi connectivity index (χ3v) is 5.46. The number of carbonyl (C=O) groups is 1. The van der Waals surface area contributed by atoms with E-state index in [0.717, 1.165) is 5.57 Å². The van der Waals surface area contributed by atoms with Gasteiger partial charge in [0.25, 0.3) is 0 Å². The van der Waals surface area contributed by atoms with Crippen LogP contribution < -0.4 is 14.9 Å². The molecule has 0 unspecified atom stereocenters. The SMILES string of the molecule is C=C(C)COc1ccc([C@H](CC(=O)OC)c2oc(CN3CCOCC3)cc(=O)c2O)cc1OC. The number of hydrogen-bond acceptors (Lipinski definition) is 9. The van der Waals surface area contributed by atoms with Crippen molar-refractivity contribution >= 4 is 5.97 Å². The number of morpholine rings is 1. The molecule has 1 aliphatic heterocycles. The van der Waals surface area contributed by atoms with Crippen LogP contribution in [0.25, 0.3) is 0 Å². The molecular formula is C25H31NO8. The van der Waals surface area contributed by atoms with Crippen molar-refractivity contribution in [3.05, 3.63) is 63.7 Å². The van der Waals surface area contributed by atoms with E-state index < -0.39 is 23.1 Å². The summed E-state index contributed by atoms with van der Waals surface area (Å²) in [6, 6.07) is 6.40. The van der Waals surface area contributed by atoms with Gasteiger partial charge in [-0.15, -0.1) is 0 Å². The van der Waals surface area contributed by atoms with Crippen LogP contribution in [0.4, 0.5) is 0 Å². The molecule has 0 saturated carbocycles. The van der Waals surface area contributed by atoms with Crippen molar-refractivity contribution in [2.45, 2.75) is 25.8 Å². The van der Waals surface area contributed by atoms with Crippen molar-refractivity contribution in [3.8, 4) is 17.2 Å². The number of aromatic hydroxyl groups is 1. The molecule has 2 aromatic rings. The van der Waals surface area contributed by atoms with Gasteiger partial charge in [-0.25, -0.2) is 0 Å². The fourth-order valence-electron chi connectivity index (χ4n) is 3.68. The van der Waals surface area contributed by atoms with Crippen LogP contribution >= 0.6 is 0 Å². The summed E-state index contributed by atoms with van der Waals surface area (Å²) in [7, 11) is 2.78. The van der Waals surface area contributed by atoms with Gasteiger partial charge in [-0.2, -0.15) is 0 Å². The van der Waals surface area contributed by atoms with Gasteiger partial charge < -0.3 is 28.5 Å². The molecule has 3 rings (SSSR count). The molecule has 1 aliphatic rings. The summed E-state index contributed by atoms with van der Waals surface area (Å²) in [5.74, 6) is -0.526. The summed E-state index contributed by atoms with van der Waals surface area (Å²) in [4.78, 5) is 26.9. The van der Waals surface area contributed by atoms with Crippen molar-refractivity contribution in [3.63, 3.8) is 0 Å². The molecule has 0 bridgehead atoms. The predicted octanol–water partition coefficient (Wildman–Crippen LogP) is 2.84. The first-order valence-corrected chi connectivity index (χ1v) is 11.0.